The van der Waals surface area contributed by atoms with Crippen LogP contribution in [-0.2, 0) is 14.2 Å². The summed E-state index contributed by atoms with van der Waals surface area (Å²) in [7, 11) is 0. The van der Waals surface area contributed by atoms with Crippen molar-refractivity contribution in [2.24, 2.45) is 0 Å². The first-order valence-corrected chi connectivity index (χ1v) is 6.11. The van der Waals surface area contributed by atoms with Crippen LogP contribution in [0.2, 0.25) is 0 Å². The topological polar surface area (TPSA) is 56.8 Å². The van der Waals surface area contributed by atoms with Crippen LogP contribution in [0.3, 0.4) is 0 Å². The summed E-state index contributed by atoms with van der Waals surface area (Å²) >= 11 is 0. The number of hydrogen-bond donors (Lipinski definition) is 1. The normalized spacial score (nSPS) is 20.4. The second kappa shape index (κ2) is 9.01. The molecule has 98 valence electrons. The maximum Gasteiger partial charge on any atom is 0.407 e. The van der Waals surface area contributed by atoms with Crippen molar-refractivity contribution < 1.29 is 19.0 Å². The van der Waals surface area contributed by atoms with Gasteiger partial charge in [-0.25, -0.2) is 4.79 Å². The van der Waals surface area contributed by atoms with Gasteiger partial charge in [0.1, 0.15) is 0 Å². The van der Waals surface area contributed by atoms with Gasteiger partial charge < -0.3 is 19.5 Å². The molecule has 5 heteroatoms. The molecule has 0 unspecified atom stereocenters. The van der Waals surface area contributed by atoms with Gasteiger partial charge in [0.2, 0.25) is 0 Å². The molecule has 1 fully saturated rings. The molecule has 1 saturated heterocycles. The number of nitrogens with one attached hydrogen (secondary N) is 1. The molecule has 0 aliphatic carbocycles. The van der Waals surface area contributed by atoms with Crippen molar-refractivity contribution in [2.45, 2.75) is 32.5 Å². The van der Waals surface area contributed by atoms with Crippen molar-refractivity contribution in [3.05, 3.63) is 12.2 Å². The minimum absolute atomic E-state index is 0.0635. The number of rotatable bonds is 6. The van der Waals surface area contributed by atoms with E-state index < -0.39 is 6.09 Å². The third-order valence-electron chi connectivity index (χ3n) is 2.32. The van der Waals surface area contributed by atoms with Crippen molar-refractivity contribution >= 4 is 6.09 Å². The van der Waals surface area contributed by atoms with Crippen LogP contribution in [0.15, 0.2) is 12.2 Å². The first kappa shape index (κ1) is 14.0. The number of carbonyl (C=O) groups excluding carboxylic acids is 1. The van der Waals surface area contributed by atoms with Gasteiger partial charge in [0, 0.05) is 13.2 Å². The molecular weight excluding hydrogens is 222 g/mol. The highest BCUT2D eigenvalue weighted by Crippen LogP contribution is 2.13. The maximum absolute atomic E-state index is 10.9. The van der Waals surface area contributed by atoms with Crippen molar-refractivity contribution in [3.8, 4) is 0 Å². The van der Waals surface area contributed by atoms with Crippen LogP contribution >= 0.6 is 0 Å². The van der Waals surface area contributed by atoms with Gasteiger partial charge in [-0.3, -0.25) is 0 Å². The molecule has 0 bridgehead atoms. The number of ether oxygens (including phenoxy) is 3. The fourth-order valence-electron chi connectivity index (χ4n) is 1.48. The lowest BCUT2D eigenvalue weighted by Gasteiger charge is -2.21. The Kier molecular flexibility index (Phi) is 7.42. The van der Waals surface area contributed by atoms with Gasteiger partial charge in [0.15, 0.2) is 6.29 Å². The number of carbonyl (C=O) groups is 1. The molecule has 17 heavy (non-hydrogen) atoms. The zero-order chi connectivity index (χ0) is 12.3. The SMILES string of the molecule is CCOC(=O)NC/C=C/CO[C@@H]1CCCCO1. The largest absolute Gasteiger partial charge is 0.450 e. The maximum atomic E-state index is 10.9. The quantitative estimate of drug-likeness (QED) is 0.723. The highest BCUT2D eigenvalue weighted by molar-refractivity contribution is 5.67. The standard InChI is InChI=1S/C12H21NO4/c1-2-15-12(14)13-8-4-6-10-17-11-7-3-5-9-16-11/h4,6,11H,2-3,5,7-10H2,1H3,(H,13,14)/b6-4+/t11-/m1/s1. The highest BCUT2D eigenvalue weighted by atomic mass is 16.7. The van der Waals surface area contributed by atoms with E-state index in [9.17, 15) is 4.79 Å². The minimum atomic E-state index is -0.395. The van der Waals surface area contributed by atoms with Crippen molar-refractivity contribution in [3.63, 3.8) is 0 Å². The Labute approximate surface area is 102 Å². The Morgan fingerprint density at radius 1 is 1.47 bits per heavy atom. The lowest BCUT2D eigenvalue weighted by atomic mass is 10.2. The van der Waals surface area contributed by atoms with Gasteiger partial charge >= 0.3 is 6.09 Å². The second-order valence-corrected chi connectivity index (χ2v) is 3.70. The van der Waals surface area contributed by atoms with E-state index in [2.05, 4.69) is 5.32 Å². The first-order valence-electron chi connectivity index (χ1n) is 6.11. The fourth-order valence-corrected chi connectivity index (χ4v) is 1.48. The summed E-state index contributed by atoms with van der Waals surface area (Å²) in [5, 5.41) is 2.59. The lowest BCUT2D eigenvalue weighted by molar-refractivity contribution is -0.155. The Morgan fingerprint density at radius 2 is 2.35 bits per heavy atom. The van der Waals surface area contributed by atoms with Gasteiger partial charge in [0.05, 0.1) is 13.2 Å². The van der Waals surface area contributed by atoms with Crippen LogP contribution in [0.1, 0.15) is 26.2 Å². The van der Waals surface area contributed by atoms with Crippen LogP contribution in [0, 0.1) is 0 Å². The summed E-state index contributed by atoms with van der Waals surface area (Å²) in [6.45, 7) is 3.91. The van der Waals surface area contributed by atoms with E-state index in [4.69, 9.17) is 14.2 Å². The molecule has 1 rings (SSSR count). The van der Waals surface area contributed by atoms with Gasteiger partial charge in [-0.2, -0.15) is 0 Å². The molecule has 1 atom stereocenters. The molecule has 0 aromatic rings. The average molecular weight is 243 g/mol. The summed E-state index contributed by atoms with van der Waals surface area (Å²) in [6.07, 6.45) is 6.50. The molecule has 0 spiro atoms. The van der Waals surface area contributed by atoms with Gasteiger partial charge in [-0.15, -0.1) is 0 Å². The molecule has 1 aliphatic heterocycles. The number of amides is 1. The van der Waals surface area contributed by atoms with Crippen LogP contribution in [0.5, 0.6) is 0 Å². The molecular formula is C12H21NO4. The summed E-state index contributed by atoms with van der Waals surface area (Å²) < 4.78 is 15.6. The Balaban J connectivity index is 1.96. The Morgan fingerprint density at radius 3 is 3.06 bits per heavy atom. The highest BCUT2D eigenvalue weighted by Gasteiger charge is 2.12. The molecule has 1 heterocycles. The zero-order valence-electron chi connectivity index (χ0n) is 10.3. The molecule has 5 nitrogen and oxygen atoms in total. The molecule has 0 radical (unpaired) electrons. The van der Waals surface area contributed by atoms with Gasteiger partial charge in [-0.1, -0.05) is 12.2 Å². The van der Waals surface area contributed by atoms with E-state index in [0.29, 0.717) is 19.8 Å². The van der Waals surface area contributed by atoms with Crippen LogP contribution in [-0.4, -0.2) is 38.7 Å². The van der Waals surface area contributed by atoms with E-state index in [1.54, 1.807) is 6.92 Å². The first-order chi connectivity index (χ1) is 8.33. The monoisotopic (exact) mass is 243 g/mol. The van der Waals surface area contributed by atoms with E-state index in [1.807, 2.05) is 12.2 Å². The van der Waals surface area contributed by atoms with Gasteiger partial charge in [0.25, 0.3) is 0 Å². The summed E-state index contributed by atoms with van der Waals surface area (Å²) in [6, 6.07) is 0. The fraction of sp³-hybridized carbons (Fsp3) is 0.750. The molecule has 0 aromatic carbocycles. The molecule has 1 N–H and O–H groups in total. The summed E-state index contributed by atoms with van der Waals surface area (Å²) in [5.74, 6) is 0. The van der Waals surface area contributed by atoms with Crippen LogP contribution in [0.4, 0.5) is 4.79 Å². The zero-order valence-corrected chi connectivity index (χ0v) is 10.3. The van der Waals surface area contributed by atoms with Crippen molar-refractivity contribution in [2.75, 3.05) is 26.4 Å². The van der Waals surface area contributed by atoms with E-state index in [1.165, 1.54) is 6.42 Å². The van der Waals surface area contributed by atoms with E-state index in [-0.39, 0.29) is 6.29 Å². The smallest absolute Gasteiger partial charge is 0.407 e. The number of hydrogen-bond acceptors (Lipinski definition) is 4. The lowest BCUT2D eigenvalue weighted by Crippen LogP contribution is -2.24. The van der Waals surface area contributed by atoms with Crippen molar-refractivity contribution in [1.29, 1.82) is 0 Å². The van der Waals surface area contributed by atoms with E-state index in [0.717, 1.165) is 19.4 Å². The second-order valence-electron chi connectivity index (χ2n) is 3.70. The minimum Gasteiger partial charge on any atom is -0.450 e. The predicted octanol–water partition coefficient (Wildman–Crippen LogP) is 1.83. The molecule has 0 saturated carbocycles. The summed E-state index contributed by atoms with van der Waals surface area (Å²) in [4.78, 5) is 10.9. The molecule has 1 aliphatic rings. The summed E-state index contributed by atoms with van der Waals surface area (Å²) in [5.41, 5.74) is 0. The third kappa shape index (κ3) is 6.97. The Hall–Kier alpha value is -1.07. The average Bonchev–Trinajstić information content (AvgIpc) is 2.35. The predicted molar refractivity (Wildman–Crippen MR) is 63.7 cm³/mol. The molecule has 0 aromatic heterocycles. The number of alkyl carbamates (subject to hydrolysis) is 1. The third-order valence-corrected chi connectivity index (χ3v) is 2.32. The van der Waals surface area contributed by atoms with Gasteiger partial charge in [-0.05, 0) is 26.2 Å². The molecule has 1 amide bonds. The van der Waals surface area contributed by atoms with Crippen LogP contribution in [0.25, 0.3) is 0 Å². The van der Waals surface area contributed by atoms with E-state index >= 15 is 0 Å². The Bertz CT molecular complexity index is 237. The van der Waals surface area contributed by atoms with Crippen molar-refractivity contribution in [1.82, 2.24) is 5.32 Å². The van der Waals surface area contributed by atoms with Crippen LogP contribution < -0.4 is 5.32 Å².